The van der Waals surface area contributed by atoms with E-state index in [4.69, 9.17) is 16.9 Å². The number of thioether (sulfide) groups is 1. The molecule has 0 atom stereocenters. The maximum absolute atomic E-state index is 13.0. The molecule has 0 saturated carbocycles. The number of aryl methyl sites for hydroxylation is 2. The van der Waals surface area contributed by atoms with E-state index in [2.05, 4.69) is 16.3 Å². The number of carbonyl (C=O) groups is 1. The smallest absolute Gasteiger partial charge is 0.311 e. The molecule has 2 aromatic carbocycles. The summed E-state index contributed by atoms with van der Waals surface area (Å²) < 4.78 is 1.54. The number of hydrogen-bond acceptors (Lipinski definition) is 5. The monoisotopic (exact) mass is 455 g/mol. The summed E-state index contributed by atoms with van der Waals surface area (Å²) in [6, 6.07) is 17.3. The maximum Gasteiger partial charge on any atom is 0.343 e. The van der Waals surface area contributed by atoms with Gasteiger partial charge in [0.2, 0.25) is 5.91 Å². The molecular weight excluding hydrogens is 434 g/mol. The molecule has 0 saturated heterocycles. The number of amides is 1. The Balaban J connectivity index is 1.70. The van der Waals surface area contributed by atoms with Crippen molar-refractivity contribution in [3.63, 3.8) is 0 Å². The SMILES string of the molecule is Cc1cc(N(CCC#N)C(=O)CSc2n[nH]c(=O)n2CCc2ccccc2)ccc1Cl. The van der Waals surface area contributed by atoms with Gasteiger partial charge >= 0.3 is 5.69 Å². The van der Waals surface area contributed by atoms with Crippen molar-refractivity contribution < 1.29 is 4.79 Å². The van der Waals surface area contributed by atoms with Gasteiger partial charge in [-0.15, -0.1) is 5.10 Å². The number of hydrogen-bond donors (Lipinski definition) is 1. The summed E-state index contributed by atoms with van der Waals surface area (Å²) in [5.74, 6) is -0.0880. The molecule has 1 N–H and O–H groups in total. The van der Waals surface area contributed by atoms with Crippen LogP contribution in [0.1, 0.15) is 17.5 Å². The Hall–Kier alpha value is -3.02. The van der Waals surface area contributed by atoms with Crippen molar-refractivity contribution in [3.8, 4) is 6.07 Å². The van der Waals surface area contributed by atoms with E-state index >= 15 is 0 Å². The van der Waals surface area contributed by atoms with Crippen LogP contribution in [0.4, 0.5) is 5.69 Å². The summed E-state index contributed by atoms with van der Waals surface area (Å²) in [4.78, 5) is 26.7. The molecule has 31 heavy (non-hydrogen) atoms. The first kappa shape index (κ1) is 22.7. The summed E-state index contributed by atoms with van der Waals surface area (Å²) in [5.41, 5.74) is 2.35. The van der Waals surface area contributed by atoms with Crippen LogP contribution in [0.25, 0.3) is 0 Å². The fourth-order valence-electron chi connectivity index (χ4n) is 3.06. The van der Waals surface area contributed by atoms with Gasteiger partial charge in [0.15, 0.2) is 5.16 Å². The highest BCUT2D eigenvalue weighted by Gasteiger charge is 2.18. The molecule has 0 unspecified atom stereocenters. The van der Waals surface area contributed by atoms with Gasteiger partial charge in [-0.3, -0.25) is 9.36 Å². The standard InChI is InChI=1S/C22H22ClN5O2S/c1-16-14-18(8-9-19(16)23)27(12-5-11-24)20(29)15-31-22-26-25-21(30)28(22)13-10-17-6-3-2-4-7-17/h2-4,6-9,14H,5,10,12-13,15H2,1H3,(H,25,30). The van der Waals surface area contributed by atoms with Crippen LogP contribution in [0.15, 0.2) is 58.5 Å². The zero-order valence-corrected chi connectivity index (χ0v) is 18.6. The second-order valence-electron chi connectivity index (χ2n) is 6.87. The molecule has 3 rings (SSSR count). The van der Waals surface area contributed by atoms with Crippen LogP contribution in [-0.4, -0.2) is 33.0 Å². The highest BCUT2D eigenvalue weighted by Crippen LogP contribution is 2.24. The number of halogens is 1. The van der Waals surface area contributed by atoms with Gasteiger partial charge in [0.05, 0.1) is 18.2 Å². The minimum atomic E-state index is -0.305. The van der Waals surface area contributed by atoms with Crippen molar-refractivity contribution >= 4 is 35.0 Å². The van der Waals surface area contributed by atoms with E-state index < -0.39 is 0 Å². The normalized spacial score (nSPS) is 10.6. The number of nitrogens with zero attached hydrogens (tertiary/aromatic N) is 4. The van der Waals surface area contributed by atoms with Crippen LogP contribution >= 0.6 is 23.4 Å². The molecule has 160 valence electrons. The minimum Gasteiger partial charge on any atom is -0.311 e. The zero-order chi connectivity index (χ0) is 22.2. The van der Waals surface area contributed by atoms with E-state index in [1.807, 2.05) is 43.3 Å². The Kier molecular flexibility index (Phi) is 7.93. The van der Waals surface area contributed by atoms with E-state index in [0.717, 1.165) is 11.1 Å². The van der Waals surface area contributed by atoms with Crippen molar-refractivity contribution in [3.05, 3.63) is 75.2 Å². The van der Waals surface area contributed by atoms with Gasteiger partial charge in [-0.05, 0) is 42.7 Å². The van der Waals surface area contributed by atoms with E-state index in [-0.39, 0.29) is 30.3 Å². The molecule has 0 aliphatic rings. The summed E-state index contributed by atoms with van der Waals surface area (Å²) in [5, 5.41) is 16.6. The molecule has 3 aromatic rings. The zero-order valence-electron chi connectivity index (χ0n) is 17.0. The lowest BCUT2D eigenvalue weighted by atomic mass is 10.1. The van der Waals surface area contributed by atoms with E-state index in [1.54, 1.807) is 17.0 Å². The number of nitriles is 1. The van der Waals surface area contributed by atoms with Gasteiger partial charge in [-0.2, -0.15) is 5.26 Å². The summed E-state index contributed by atoms with van der Waals surface area (Å²) in [6.45, 7) is 2.60. The number of anilines is 1. The minimum absolute atomic E-state index is 0.0860. The van der Waals surface area contributed by atoms with Crippen LogP contribution < -0.4 is 10.6 Å². The molecule has 1 amide bonds. The molecule has 0 bridgehead atoms. The Morgan fingerprint density at radius 3 is 2.77 bits per heavy atom. The lowest BCUT2D eigenvalue weighted by molar-refractivity contribution is -0.116. The van der Waals surface area contributed by atoms with Crippen molar-refractivity contribution in [2.24, 2.45) is 0 Å². The van der Waals surface area contributed by atoms with Gasteiger partial charge in [-0.25, -0.2) is 9.89 Å². The maximum atomic E-state index is 13.0. The van der Waals surface area contributed by atoms with Crippen molar-refractivity contribution in [2.45, 2.75) is 31.5 Å². The largest absolute Gasteiger partial charge is 0.343 e. The van der Waals surface area contributed by atoms with Crippen LogP contribution in [0, 0.1) is 18.3 Å². The molecule has 9 heteroatoms. The second-order valence-corrected chi connectivity index (χ2v) is 8.22. The average molecular weight is 456 g/mol. The Morgan fingerprint density at radius 2 is 2.06 bits per heavy atom. The fourth-order valence-corrected chi connectivity index (χ4v) is 4.02. The molecule has 0 aliphatic heterocycles. The lowest BCUT2D eigenvalue weighted by Gasteiger charge is -2.22. The first-order valence-corrected chi connectivity index (χ1v) is 11.1. The van der Waals surface area contributed by atoms with Crippen LogP contribution in [0.3, 0.4) is 0 Å². The number of rotatable bonds is 9. The summed E-state index contributed by atoms with van der Waals surface area (Å²) in [6.07, 6.45) is 0.891. The molecule has 0 aliphatic carbocycles. The Morgan fingerprint density at radius 1 is 1.29 bits per heavy atom. The lowest BCUT2D eigenvalue weighted by Crippen LogP contribution is -2.33. The Bertz CT molecular complexity index is 1140. The molecular formula is C22H22ClN5O2S. The van der Waals surface area contributed by atoms with Crippen LogP contribution in [0.5, 0.6) is 0 Å². The molecule has 7 nitrogen and oxygen atoms in total. The number of aromatic nitrogens is 3. The van der Waals surface area contributed by atoms with Crippen molar-refractivity contribution in [1.82, 2.24) is 14.8 Å². The highest BCUT2D eigenvalue weighted by molar-refractivity contribution is 7.99. The van der Waals surface area contributed by atoms with Gasteiger partial charge in [0.25, 0.3) is 0 Å². The molecule has 1 heterocycles. The van der Waals surface area contributed by atoms with Crippen molar-refractivity contribution in [2.75, 3.05) is 17.2 Å². The van der Waals surface area contributed by atoms with E-state index in [9.17, 15) is 9.59 Å². The number of H-pyrrole nitrogens is 1. The quantitative estimate of drug-likeness (QED) is 0.495. The number of nitrogens with one attached hydrogen (secondary N) is 1. The topological polar surface area (TPSA) is 94.8 Å². The summed E-state index contributed by atoms with van der Waals surface area (Å²) >= 11 is 7.30. The van der Waals surface area contributed by atoms with E-state index in [1.165, 1.54) is 16.3 Å². The van der Waals surface area contributed by atoms with Gasteiger partial charge in [0.1, 0.15) is 0 Å². The third-order valence-corrected chi connectivity index (χ3v) is 6.10. The third kappa shape index (κ3) is 6.00. The van der Waals surface area contributed by atoms with E-state index in [0.29, 0.717) is 28.8 Å². The number of carbonyl (C=O) groups excluding carboxylic acids is 1. The molecule has 0 fully saturated rings. The molecule has 0 spiro atoms. The van der Waals surface area contributed by atoms with Crippen molar-refractivity contribution in [1.29, 1.82) is 5.26 Å². The predicted molar refractivity (Wildman–Crippen MR) is 122 cm³/mol. The van der Waals surface area contributed by atoms with Gasteiger partial charge < -0.3 is 4.90 Å². The number of benzene rings is 2. The molecule has 1 aromatic heterocycles. The fraction of sp³-hybridized carbons (Fsp3) is 0.273. The average Bonchev–Trinajstić information content (AvgIpc) is 3.13. The summed E-state index contributed by atoms with van der Waals surface area (Å²) in [7, 11) is 0. The first-order valence-electron chi connectivity index (χ1n) is 9.75. The third-order valence-electron chi connectivity index (χ3n) is 4.72. The molecule has 0 radical (unpaired) electrons. The second kappa shape index (κ2) is 10.8. The Labute approximate surface area is 189 Å². The van der Waals surface area contributed by atoms with Gasteiger partial charge in [-0.1, -0.05) is 53.7 Å². The highest BCUT2D eigenvalue weighted by atomic mass is 35.5. The number of aromatic amines is 1. The predicted octanol–water partition coefficient (Wildman–Crippen LogP) is 3.81. The first-order chi connectivity index (χ1) is 15.0. The van der Waals surface area contributed by atoms with Crippen LogP contribution in [-0.2, 0) is 17.8 Å². The van der Waals surface area contributed by atoms with Gasteiger partial charge in [0, 0.05) is 23.8 Å². The van der Waals surface area contributed by atoms with Crippen LogP contribution in [0.2, 0.25) is 5.02 Å².